The van der Waals surface area contributed by atoms with Crippen LogP contribution in [-0.2, 0) is 14.5 Å². The molecule has 0 bridgehead atoms. The summed E-state index contributed by atoms with van der Waals surface area (Å²) in [5.74, 6) is -1.09. The number of benzene rings is 1. The molecule has 5 nitrogen and oxygen atoms in total. The topological polar surface area (TPSA) is 66.8 Å². The van der Waals surface area contributed by atoms with Crippen molar-refractivity contribution < 1.29 is 19.0 Å². The molecule has 1 aromatic carbocycles. The molecule has 0 aliphatic rings. The molecular weight excluding hydrogens is 416 g/mol. The highest BCUT2D eigenvalue weighted by molar-refractivity contribution is 7.68. The molecule has 2 aromatic rings. The Bertz CT molecular complexity index is 891. The van der Waals surface area contributed by atoms with E-state index in [9.17, 15) is 14.5 Å². The normalized spacial score (nSPS) is 14.1. The van der Waals surface area contributed by atoms with Crippen LogP contribution in [0, 0.1) is 0 Å². The standard InChI is InChI=1S/C17H20Cl2NO4PS/c1-17(2,3)14-9-12(15(26-14)16(21)22)20(4)25(23,24-5)13-7-6-10(18)8-11(13)19/h6-9H,1-5H3,(H,21,22). The first-order valence-corrected chi connectivity index (χ1v) is 10.8. The molecule has 0 amide bonds. The van der Waals surface area contributed by atoms with Crippen molar-refractivity contribution in [3.63, 3.8) is 0 Å². The highest BCUT2D eigenvalue weighted by atomic mass is 35.5. The Balaban J connectivity index is 2.65. The molecule has 0 saturated carbocycles. The number of halogens is 2. The van der Waals surface area contributed by atoms with Crippen LogP contribution < -0.4 is 9.97 Å². The van der Waals surface area contributed by atoms with Crippen LogP contribution in [0.15, 0.2) is 24.3 Å². The molecule has 0 radical (unpaired) electrons. The van der Waals surface area contributed by atoms with Crippen LogP contribution in [0.1, 0.15) is 35.3 Å². The summed E-state index contributed by atoms with van der Waals surface area (Å²) in [6.07, 6.45) is 0. The summed E-state index contributed by atoms with van der Waals surface area (Å²) in [4.78, 5) is 12.7. The second-order valence-electron chi connectivity index (χ2n) is 6.70. The molecule has 1 unspecified atom stereocenters. The van der Waals surface area contributed by atoms with Gasteiger partial charge < -0.3 is 9.63 Å². The molecule has 0 spiro atoms. The van der Waals surface area contributed by atoms with Crippen molar-refractivity contribution in [1.82, 2.24) is 0 Å². The van der Waals surface area contributed by atoms with Gasteiger partial charge in [0.2, 0.25) is 0 Å². The Morgan fingerprint density at radius 3 is 2.35 bits per heavy atom. The minimum Gasteiger partial charge on any atom is -0.477 e. The molecular formula is C17H20Cl2NO4PS. The number of hydrogen-bond acceptors (Lipinski definition) is 4. The van der Waals surface area contributed by atoms with Gasteiger partial charge in [0, 0.05) is 24.1 Å². The summed E-state index contributed by atoms with van der Waals surface area (Å²) < 4.78 is 20.4. The van der Waals surface area contributed by atoms with Gasteiger partial charge in [0.25, 0.3) is 0 Å². The maximum absolute atomic E-state index is 13.6. The Kier molecular flexibility index (Phi) is 6.16. The molecule has 1 atom stereocenters. The number of aromatic carboxylic acids is 1. The van der Waals surface area contributed by atoms with E-state index < -0.39 is 13.5 Å². The molecule has 0 aliphatic carbocycles. The van der Waals surface area contributed by atoms with E-state index in [1.54, 1.807) is 12.1 Å². The first-order chi connectivity index (χ1) is 11.9. The molecule has 0 aliphatic heterocycles. The summed E-state index contributed by atoms with van der Waals surface area (Å²) in [5, 5.41) is 10.5. The molecule has 0 fully saturated rings. The van der Waals surface area contributed by atoms with Gasteiger partial charge in [-0.1, -0.05) is 44.0 Å². The lowest BCUT2D eigenvalue weighted by atomic mass is 9.94. The quantitative estimate of drug-likeness (QED) is 0.614. The third-order valence-electron chi connectivity index (χ3n) is 3.85. The average molecular weight is 436 g/mol. The first kappa shape index (κ1) is 21.3. The van der Waals surface area contributed by atoms with Crippen LogP contribution in [0.2, 0.25) is 10.0 Å². The number of nitrogens with zero attached hydrogens (tertiary/aromatic N) is 1. The number of thiophene rings is 1. The molecule has 1 N–H and O–H groups in total. The zero-order valence-corrected chi connectivity index (χ0v) is 18.3. The van der Waals surface area contributed by atoms with E-state index in [2.05, 4.69) is 0 Å². The third-order valence-corrected chi connectivity index (χ3v) is 8.57. The zero-order chi connectivity index (χ0) is 19.9. The number of anilines is 1. The van der Waals surface area contributed by atoms with Gasteiger partial charge in [-0.25, -0.2) is 4.79 Å². The highest BCUT2D eigenvalue weighted by Crippen LogP contribution is 2.54. The maximum atomic E-state index is 13.6. The molecule has 142 valence electrons. The summed E-state index contributed by atoms with van der Waals surface area (Å²) in [7, 11) is -0.799. The average Bonchev–Trinajstić information content (AvgIpc) is 2.99. The van der Waals surface area contributed by atoms with E-state index in [1.165, 1.54) is 31.0 Å². The van der Waals surface area contributed by atoms with Gasteiger partial charge in [0.1, 0.15) is 4.88 Å². The van der Waals surface area contributed by atoms with Crippen molar-refractivity contribution in [1.29, 1.82) is 0 Å². The lowest BCUT2D eigenvalue weighted by Gasteiger charge is -2.29. The highest BCUT2D eigenvalue weighted by Gasteiger charge is 2.36. The van der Waals surface area contributed by atoms with Gasteiger partial charge in [-0.15, -0.1) is 11.3 Å². The fraction of sp³-hybridized carbons (Fsp3) is 0.353. The number of rotatable bonds is 5. The number of carboxylic acid groups (broad SMARTS) is 1. The second kappa shape index (κ2) is 7.53. The lowest BCUT2D eigenvalue weighted by molar-refractivity contribution is 0.0703. The SMILES string of the molecule is COP(=O)(c1ccc(Cl)cc1Cl)N(C)c1cc(C(C)(C)C)sc1C(=O)O. The van der Waals surface area contributed by atoms with E-state index in [-0.39, 0.29) is 20.6 Å². The maximum Gasteiger partial charge on any atom is 0.348 e. The lowest BCUT2D eigenvalue weighted by Crippen LogP contribution is -2.24. The van der Waals surface area contributed by atoms with Crippen LogP contribution in [0.4, 0.5) is 5.69 Å². The second-order valence-corrected chi connectivity index (χ2v) is 11.1. The smallest absolute Gasteiger partial charge is 0.348 e. The van der Waals surface area contributed by atoms with Crippen molar-refractivity contribution in [2.45, 2.75) is 26.2 Å². The first-order valence-electron chi connectivity index (χ1n) is 7.65. The molecule has 2 rings (SSSR count). The van der Waals surface area contributed by atoms with Gasteiger partial charge >= 0.3 is 13.5 Å². The van der Waals surface area contributed by atoms with E-state index in [4.69, 9.17) is 27.7 Å². The van der Waals surface area contributed by atoms with Gasteiger partial charge in [0.05, 0.1) is 16.0 Å². The van der Waals surface area contributed by atoms with E-state index >= 15 is 0 Å². The number of carboxylic acids is 1. The van der Waals surface area contributed by atoms with Gasteiger partial charge in [-0.3, -0.25) is 9.24 Å². The van der Waals surface area contributed by atoms with Gasteiger partial charge in [-0.2, -0.15) is 0 Å². The summed E-state index contributed by atoms with van der Waals surface area (Å²) in [6, 6.07) is 6.31. The van der Waals surface area contributed by atoms with Crippen molar-refractivity contribution in [2.75, 3.05) is 18.8 Å². The van der Waals surface area contributed by atoms with Crippen molar-refractivity contribution in [2.24, 2.45) is 0 Å². The summed E-state index contributed by atoms with van der Waals surface area (Å²) in [6.45, 7) is 5.96. The van der Waals surface area contributed by atoms with Crippen molar-refractivity contribution in [3.8, 4) is 0 Å². The molecule has 1 aromatic heterocycles. The third kappa shape index (κ3) is 3.95. The zero-order valence-electron chi connectivity index (χ0n) is 15.0. The molecule has 0 saturated heterocycles. The predicted molar refractivity (Wildman–Crippen MR) is 109 cm³/mol. The van der Waals surface area contributed by atoms with Crippen LogP contribution in [-0.4, -0.2) is 25.2 Å². The van der Waals surface area contributed by atoms with Crippen LogP contribution in [0.25, 0.3) is 0 Å². The van der Waals surface area contributed by atoms with Crippen LogP contribution in [0.3, 0.4) is 0 Å². The predicted octanol–water partition coefficient (Wildman–Crippen LogP) is 5.65. The Hall–Kier alpha value is -1.04. The molecule has 26 heavy (non-hydrogen) atoms. The summed E-state index contributed by atoms with van der Waals surface area (Å²) in [5.41, 5.74) is 0.0757. The Labute approximate surface area is 167 Å². The Morgan fingerprint density at radius 1 is 1.27 bits per heavy atom. The molecule has 1 heterocycles. The fourth-order valence-electron chi connectivity index (χ4n) is 2.38. The van der Waals surface area contributed by atoms with Gasteiger partial charge in [0.15, 0.2) is 0 Å². The van der Waals surface area contributed by atoms with Gasteiger partial charge in [-0.05, 0) is 29.7 Å². The largest absolute Gasteiger partial charge is 0.477 e. The van der Waals surface area contributed by atoms with E-state index in [0.29, 0.717) is 10.7 Å². The summed E-state index contributed by atoms with van der Waals surface area (Å²) >= 11 is 13.3. The van der Waals surface area contributed by atoms with E-state index in [1.807, 2.05) is 20.8 Å². The minimum atomic E-state index is -3.64. The van der Waals surface area contributed by atoms with Crippen LogP contribution in [0.5, 0.6) is 0 Å². The Morgan fingerprint density at radius 2 is 1.88 bits per heavy atom. The van der Waals surface area contributed by atoms with Crippen LogP contribution >= 0.6 is 42.1 Å². The number of hydrogen-bond donors (Lipinski definition) is 1. The molecule has 9 heteroatoms. The fourth-order valence-corrected chi connectivity index (χ4v) is 6.06. The van der Waals surface area contributed by atoms with E-state index in [0.717, 1.165) is 16.2 Å². The van der Waals surface area contributed by atoms with Crippen molar-refractivity contribution >= 4 is 59.0 Å². The monoisotopic (exact) mass is 435 g/mol. The minimum absolute atomic E-state index is 0.0970. The number of carbonyl (C=O) groups is 1. The van der Waals surface area contributed by atoms with Crippen molar-refractivity contribution in [3.05, 3.63) is 44.1 Å².